The number of hydrogen-bond donors (Lipinski definition) is 1. The summed E-state index contributed by atoms with van der Waals surface area (Å²) in [6.45, 7) is 2.23. The van der Waals surface area contributed by atoms with Crippen LogP contribution in [0.5, 0.6) is 0 Å². The van der Waals surface area contributed by atoms with Gasteiger partial charge in [0, 0.05) is 6.20 Å². The molecule has 0 fully saturated rings. The summed E-state index contributed by atoms with van der Waals surface area (Å²) in [7, 11) is 0. The molecule has 2 nitrogen and oxygen atoms in total. The zero-order chi connectivity index (χ0) is 8.55. The summed E-state index contributed by atoms with van der Waals surface area (Å²) in [6.07, 6.45) is 7.34. The number of aromatic nitrogens is 1. The zero-order valence-electron chi connectivity index (χ0n) is 7.38. The average molecular weight is 162 g/mol. The van der Waals surface area contributed by atoms with Gasteiger partial charge in [-0.2, -0.15) is 0 Å². The van der Waals surface area contributed by atoms with Crippen LogP contribution in [0.2, 0.25) is 0 Å². The second-order valence-corrected chi connectivity index (χ2v) is 3.44. The molecule has 0 bridgehead atoms. The topological polar surface area (TPSA) is 38.9 Å². The summed E-state index contributed by atoms with van der Waals surface area (Å²) in [5.74, 6) is 0.705. The van der Waals surface area contributed by atoms with Gasteiger partial charge in [-0.15, -0.1) is 0 Å². The van der Waals surface area contributed by atoms with E-state index in [1.165, 1.54) is 24.0 Å². The predicted molar refractivity (Wildman–Crippen MR) is 50.0 cm³/mol. The molecule has 64 valence electrons. The first-order valence-electron chi connectivity index (χ1n) is 4.55. The Morgan fingerprint density at radius 3 is 3.17 bits per heavy atom. The number of anilines is 1. The van der Waals surface area contributed by atoms with Crippen LogP contribution < -0.4 is 5.73 Å². The molecule has 2 rings (SSSR count). The minimum atomic E-state index is 0.705. The molecule has 0 aromatic carbocycles. The molecule has 0 saturated carbocycles. The summed E-state index contributed by atoms with van der Waals surface area (Å²) < 4.78 is 0. The Kier molecular flexibility index (Phi) is 1.75. The van der Waals surface area contributed by atoms with Crippen LogP contribution in [-0.4, -0.2) is 4.98 Å². The molecular formula is C10H14N2. The van der Waals surface area contributed by atoms with Gasteiger partial charge in [0.1, 0.15) is 0 Å². The quantitative estimate of drug-likeness (QED) is 0.686. The maximum Gasteiger partial charge on any atom is 0.0536 e. The van der Waals surface area contributed by atoms with Crippen molar-refractivity contribution >= 4 is 5.69 Å². The van der Waals surface area contributed by atoms with Crippen LogP contribution in [0.15, 0.2) is 12.4 Å². The van der Waals surface area contributed by atoms with Gasteiger partial charge in [-0.05, 0) is 36.3 Å². The summed E-state index contributed by atoms with van der Waals surface area (Å²) in [6, 6.07) is 0. The van der Waals surface area contributed by atoms with Gasteiger partial charge in [-0.1, -0.05) is 6.92 Å². The minimum absolute atomic E-state index is 0.705. The van der Waals surface area contributed by atoms with E-state index in [1.54, 1.807) is 6.20 Å². The van der Waals surface area contributed by atoms with Crippen molar-refractivity contribution in [3.63, 3.8) is 0 Å². The van der Waals surface area contributed by atoms with Crippen molar-refractivity contribution in [3.05, 3.63) is 23.5 Å². The lowest BCUT2D eigenvalue weighted by Gasteiger charge is -2.07. The smallest absolute Gasteiger partial charge is 0.0536 e. The van der Waals surface area contributed by atoms with Crippen molar-refractivity contribution in [2.75, 3.05) is 5.73 Å². The highest BCUT2D eigenvalue weighted by Gasteiger charge is 2.22. The number of nitrogen functional groups attached to an aromatic ring is 1. The van der Waals surface area contributed by atoms with E-state index in [0.717, 1.165) is 12.1 Å². The number of nitrogens with two attached hydrogens (primary N) is 1. The van der Waals surface area contributed by atoms with Gasteiger partial charge in [0.15, 0.2) is 0 Å². The first-order chi connectivity index (χ1) is 5.83. The van der Waals surface area contributed by atoms with Gasteiger partial charge in [-0.25, -0.2) is 0 Å². The molecule has 0 radical (unpaired) electrons. The highest BCUT2D eigenvalue weighted by Crippen LogP contribution is 2.36. The largest absolute Gasteiger partial charge is 0.397 e. The van der Waals surface area contributed by atoms with Crippen LogP contribution >= 0.6 is 0 Å². The number of pyridine rings is 1. The highest BCUT2D eigenvalue weighted by molar-refractivity contribution is 5.51. The molecule has 0 saturated heterocycles. The summed E-state index contributed by atoms with van der Waals surface area (Å²) in [5, 5.41) is 0. The molecule has 1 aromatic rings. The van der Waals surface area contributed by atoms with Crippen molar-refractivity contribution in [2.24, 2.45) is 0 Å². The lowest BCUT2D eigenvalue weighted by atomic mass is 10.0. The summed E-state index contributed by atoms with van der Waals surface area (Å²) in [5.41, 5.74) is 9.44. The van der Waals surface area contributed by atoms with Crippen LogP contribution in [0, 0.1) is 0 Å². The third-order valence-electron chi connectivity index (χ3n) is 2.80. The molecule has 0 aliphatic heterocycles. The normalized spacial score (nSPS) is 20.9. The molecule has 1 aliphatic rings. The molecule has 0 spiro atoms. The fourth-order valence-electron chi connectivity index (χ4n) is 2.06. The van der Waals surface area contributed by atoms with Crippen LogP contribution in [0.25, 0.3) is 0 Å². The Labute approximate surface area is 72.8 Å². The monoisotopic (exact) mass is 162 g/mol. The van der Waals surface area contributed by atoms with Crippen molar-refractivity contribution in [1.82, 2.24) is 4.98 Å². The zero-order valence-corrected chi connectivity index (χ0v) is 7.38. The lowest BCUT2D eigenvalue weighted by Crippen LogP contribution is -1.96. The third kappa shape index (κ3) is 0.986. The van der Waals surface area contributed by atoms with E-state index in [-0.39, 0.29) is 0 Å². The molecule has 1 unspecified atom stereocenters. The number of fused-ring (bicyclic) bond motifs is 1. The minimum Gasteiger partial charge on any atom is -0.397 e. The average Bonchev–Trinajstić information content (AvgIpc) is 2.49. The summed E-state index contributed by atoms with van der Waals surface area (Å²) >= 11 is 0. The maximum atomic E-state index is 5.83. The van der Waals surface area contributed by atoms with Crippen LogP contribution in [-0.2, 0) is 6.42 Å². The molecular weight excluding hydrogens is 148 g/mol. The fraction of sp³-hybridized carbons (Fsp3) is 0.500. The Balaban J connectivity index is 2.46. The fourth-order valence-corrected chi connectivity index (χ4v) is 2.06. The number of nitrogens with zero attached hydrogens (tertiary/aromatic N) is 1. The van der Waals surface area contributed by atoms with E-state index < -0.39 is 0 Å². The van der Waals surface area contributed by atoms with Crippen LogP contribution in [0.4, 0.5) is 5.69 Å². The molecule has 12 heavy (non-hydrogen) atoms. The van der Waals surface area contributed by atoms with E-state index in [1.807, 2.05) is 6.20 Å². The molecule has 2 heteroatoms. The van der Waals surface area contributed by atoms with Gasteiger partial charge in [-0.3, -0.25) is 4.98 Å². The van der Waals surface area contributed by atoms with E-state index in [4.69, 9.17) is 5.73 Å². The lowest BCUT2D eigenvalue weighted by molar-refractivity contribution is 0.655. The van der Waals surface area contributed by atoms with E-state index in [0.29, 0.717) is 5.92 Å². The van der Waals surface area contributed by atoms with Gasteiger partial charge in [0.05, 0.1) is 11.9 Å². The molecule has 1 atom stereocenters. The van der Waals surface area contributed by atoms with Crippen molar-refractivity contribution in [3.8, 4) is 0 Å². The standard InChI is InChI=1S/C10H14N2/c1-2-7-3-4-8-9(7)5-12-6-10(8)11/h5-7H,2-4,11H2,1H3. The van der Waals surface area contributed by atoms with E-state index in [2.05, 4.69) is 11.9 Å². The van der Waals surface area contributed by atoms with Crippen molar-refractivity contribution < 1.29 is 0 Å². The van der Waals surface area contributed by atoms with Gasteiger partial charge in [0.2, 0.25) is 0 Å². The van der Waals surface area contributed by atoms with E-state index >= 15 is 0 Å². The Bertz CT molecular complexity index is 294. The van der Waals surface area contributed by atoms with Crippen LogP contribution in [0.3, 0.4) is 0 Å². The Morgan fingerprint density at radius 1 is 1.58 bits per heavy atom. The number of rotatable bonds is 1. The van der Waals surface area contributed by atoms with E-state index in [9.17, 15) is 0 Å². The van der Waals surface area contributed by atoms with Crippen molar-refractivity contribution in [2.45, 2.75) is 32.1 Å². The maximum absolute atomic E-state index is 5.83. The Hall–Kier alpha value is -1.05. The predicted octanol–water partition coefficient (Wildman–Crippen LogP) is 2.10. The van der Waals surface area contributed by atoms with Gasteiger partial charge >= 0.3 is 0 Å². The van der Waals surface area contributed by atoms with Gasteiger partial charge < -0.3 is 5.73 Å². The molecule has 1 heterocycles. The molecule has 0 amide bonds. The first-order valence-corrected chi connectivity index (χ1v) is 4.55. The third-order valence-corrected chi connectivity index (χ3v) is 2.80. The summed E-state index contributed by atoms with van der Waals surface area (Å²) in [4.78, 5) is 4.13. The van der Waals surface area contributed by atoms with Crippen LogP contribution in [0.1, 0.15) is 36.8 Å². The van der Waals surface area contributed by atoms with Crippen molar-refractivity contribution in [1.29, 1.82) is 0 Å². The Morgan fingerprint density at radius 2 is 2.42 bits per heavy atom. The molecule has 2 N–H and O–H groups in total. The molecule has 1 aliphatic carbocycles. The number of hydrogen-bond acceptors (Lipinski definition) is 2. The molecule has 1 aromatic heterocycles. The second kappa shape index (κ2) is 2.77. The SMILES string of the molecule is CCC1CCc2c(N)cncc21. The van der Waals surface area contributed by atoms with Gasteiger partial charge in [0.25, 0.3) is 0 Å². The highest BCUT2D eigenvalue weighted by atomic mass is 14.7. The first kappa shape index (κ1) is 7.59. The second-order valence-electron chi connectivity index (χ2n) is 3.44.